The van der Waals surface area contributed by atoms with Gasteiger partial charge in [-0.25, -0.2) is 5.43 Å². The van der Waals surface area contributed by atoms with Crippen molar-refractivity contribution >= 4 is 35.5 Å². The quantitative estimate of drug-likeness (QED) is 0.242. The van der Waals surface area contributed by atoms with E-state index >= 15 is 0 Å². The summed E-state index contributed by atoms with van der Waals surface area (Å²) in [6, 6.07) is 21.0. The van der Waals surface area contributed by atoms with Crippen LogP contribution in [0.4, 0.5) is 0 Å². The Bertz CT molecular complexity index is 1070. The van der Waals surface area contributed by atoms with Gasteiger partial charge in [-0.05, 0) is 67.4 Å². The maximum absolute atomic E-state index is 12.3. The maximum Gasteiger partial charge on any atom is 0.253 e. The van der Waals surface area contributed by atoms with Crippen LogP contribution in [0.25, 0.3) is 0 Å². The number of methoxy groups -OCH3 is 1. The van der Waals surface area contributed by atoms with Crippen molar-refractivity contribution in [1.29, 1.82) is 0 Å². The standard InChI is InChI=1S/C25H25ClN2O3S/c1-17-4-11-22(12-5-17)32-18(2)25(29)28-27-15-20-8-13-23(24(14-20)30-3)31-16-19-6-9-21(26)10-7-19/h4-15,18H,16H2,1-3H3,(H,28,29)/b27-15-/t18-/m1/s1. The first kappa shape index (κ1) is 23.7. The predicted octanol–water partition coefficient (Wildman–Crippen LogP) is 5.87. The molecule has 32 heavy (non-hydrogen) atoms. The minimum atomic E-state index is -0.270. The molecule has 1 atom stereocenters. The lowest BCUT2D eigenvalue weighted by Gasteiger charge is -2.11. The highest BCUT2D eigenvalue weighted by molar-refractivity contribution is 8.00. The van der Waals surface area contributed by atoms with E-state index in [1.807, 2.05) is 74.5 Å². The van der Waals surface area contributed by atoms with E-state index < -0.39 is 0 Å². The van der Waals surface area contributed by atoms with Gasteiger partial charge in [0, 0.05) is 9.92 Å². The summed E-state index contributed by atoms with van der Waals surface area (Å²) >= 11 is 7.40. The lowest BCUT2D eigenvalue weighted by atomic mass is 10.2. The fraction of sp³-hybridized carbons (Fsp3) is 0.200. The van der Waals surface area contributed by atoms with Gasteiger partial charge >= 0.3 is 0 Å². The van der Waals surface area contributed by atoms with Crippen LogP contribution in [0.5, 0.6) is 11.5 Å². The number of hydrazone groups is 1. The van der Waals surface area contributed by atoms with E-state index in [1.165, 1.54) is 17.3 Å². The lowest BCUT2D eigenvalue weighted by Crippen LogP contribution is -2.26. The maximum atomic E-state index is 12.3. The number of carbonyl (C=O) groups is 1. The van der Waals surface area contributed by atoms with Crippen molar-refractivity contribution < 1.29 is 14.3 Å². The van der Waals surface area contributed by atoms with Gasteiger partial charge in [0.15, 0.2) is 11.5 Å². The number of amides is 1. The highest BCUT2D eigenvalue weighted by Gasteiger charge is 2.13. The zero-order chi connectivity index (χ0) is 22.9. The second-order valence-corrected chi connectivity index (χ2v) is 8.98. The number of hydrogen-bond acceptors (Lipinski definition) is 5. The Kier molecular flexibility index (Phi) is 8.59. The monoisotopic (exact) mass is 468 g/mol. The molecular formula is C25H25ClN2O3S. The molecule has 0 saturated heterocycles. The molecule has 3 aromatic rings. The minimum absolute atomic E-state index is 0.165. The van der Waals surface area contributed by atoms with E-state index in [0.717, 1.165) is 16.0 Å². The molecule has 0 aliphatic heterocycles. The molecule has 3 rings (SSSR count). The summed E-state index contributed by atoms with van der Waals surface area (Å²) in [6.45, 7) is 4.28. The highest BCUT2D eigenvalue weighted by atomic mass is 35.5. The number of benzene rings is 3. The van der Waals surface area contributed by atoms with Gasteiger partial charge in [0.1, 0.15) is 6.61 Å². The Balaban J connectivity index is 1.54. The molecule has 0 heterocycles. The Morgan fingerprint density at radius 1 is 1.09 bits per heavy atom. The highest BCUT2D eigenvalue weighted by Crippen LogP contribution is 2.28. The number of nitrogens with one attached hydrogen (secondary N) is 1. The largest absolute Gasteiger partial charge is 0.493 e. The van der Waals surface area contributed by atoms with Gasteiger partial charge in [-0.2, -0.15) is 5.10 Å². The third kappa shape index (κ3) is 7.04. The number of aryl methyl sites for hydroxylation is 1. The van der Waals surface area contributed by atoms with Crippen LogP contribution in [0.1, 0.15) is 23.6 Å². The normalized spacial score (nSPS) is 11.9. The van der Waals surface area contributed by atoms with Crippen molar-refractivity contribution in [2.24, 2.45) is 5.10 Å². The number of carbonyl (C=O) groups excluding carboxylic acids is 1. The summed E-state index contributed by atoms with van der Waals surface area (Å²) in [5.74, 6) is 1.03. The summed E-state index contributed by atoms with van der Waals surface area (Å²) in [4.78, 5) is 13.4. The van der Waals surface area contributed by atoms with Gasteiger partial charge in [-0.1, -0.05) is 41.4 Å². The molecule has 0 bridgehead atoms. The van der Waals surface area contributed by atoms with Crippen LogP contribution >= 0.6 is 23.4 Å². The van der Waals surface area contributed by atoms with Crippen LogP contribution < -0.4 is 14.9 Å². The van der Waals surface area contributed by atoms with E-state index in [4.69, 9.17) is 21.1 Å². The van der Waals surface area contributed by atoms with E-state index in [0.29, 0.717) is 23.1 Å². The van der Waals surface area contributed by atoms with Crippen molar-refractivity contribution in [2.45, 2.75) is 30.6 Å². The molecular weight excluding hydrogens is 444 g/mol. The Morgan fingerprint density at radius 3 is 2.50 bits per heavy atom. The SMILES string of the molecule is COc1cc(/C=N\NC(=O)[C@@H](C)Sc2ccc(C)cc2)ccc1OCc1ccc(Cl)cc1. The van der Waals surface area contributed by atoms with Crippen molar-refractivity contribution in [3.05, 3.63) is 88.4 Å². The summed E-state index contributed by atoms with van der Waals surface area (Å²) < 4.78 is 11.3. The molecule has 0 saturated carbocycles. The van der Waals surface area contributed by atoms with Crippen molar-refractivity contribution in [1.82, 2.24) is 5.43 Å². The average molecular weight is 469 g/mol. The van der Waals surface area contributed by atoms with Crippen molar-refractivity contribution in [3.63, 3.8) is 0 Å². The molecule has 166 valence electrons. The second-order valence-electron chi connectivity index (χ2n) is 7.13. The smallest absolute Gasteiger partial charge is 0.253 e. The van der Waals surface area contributed by atoms with E-state index in [-0.39, 0.29) is 11.2 Å². The van der Waals surface area contributed by atoms with Gasteiger partial charge in [-0.15, -0.1) is 11.8 Å². The number of rotatable bonds is 9. The molecule has 1 amide bonds. The zero-order valence-electron chi connectivity index (χ0n) is 18.2. The molecule has 0 spiro atoms. The molecule has 0 aliphatic carbocycles. The van der Waals surface area contributed by atoms with Gasteiger partial charge < -0.3 is 9.47 Å². The molecule has 0 aliphatic rings. The second kappa shape index (κ2) is 11.6. The molecule has 0 radical (unpaired) electrons. The van der Waals surface area contributed by atoms with Gasteiger partial charge in [0.25, 0.3) is 5.91 Å². The van der Waals surface area contributed by atoms with E-state index in [2.05, 4.69) is 10.5 Å². The van der Waals surface area contributed by atoms with Crippen LogP contribution in [0.3, 0.4) is 0 Å². The Labute approximate surface area is 197 Å². The number of nitrogens with zero attached hydrogens (tertiary/aromatic N) is 1. The Morgan fingerprint density at radius 2 is 1.81 bits per heavy atom. The first-order chi connectivity index (χ1) is 15.4. The first-order valence-electron chi connectivity index (χ1n) is 10.1. The molecule has 7 heteroatoms. The van der Waals surface area contributed by atoms with E-state index in [9.17, 15) is 4.79 Å². The summed E-state index contributed by atoms with van der Waals surface area (Å²) in [6.07, 6.45) is 1.58. The number of hydrogen-bond donors (Lipinski definition) is 1. The fourth-order valence-electron chi connectivity index (χ4n) is 2.76. The molecule has 0 aromatic heterocycles. The average Bonchev–Trinajstić information content (AvgIpc) is 2.80. The lowest BCUT2D eigenvalue weighted by molar-refractivity contribution is -0.120. The van der Waals surface area contributed by atoms with Gasteiger partial charge in [-0.3, -0.25) is 4.79 Å². The summed E-state index contributed by atoms with van der Waals surface area (Å²) in [5.41, 5.74) is 5.56. The predicted molar refractivity (Wildman–Crippen MR) is 131 cm³/mol. The minimum Gasteiger partial charge on any atom is -0.493 e. The van der Waals surface area contributed by atoms with Crippen LogP contribution in [0.15, 0.2) is 76.7 Å². The molecule has 1 N–H and O–H groups in total. The molecule has 5 nitrogen and oxygen atoms in total. The van der Waals surface area contributed by atoms with Crippen molar-refractivity contribution in [3.8, 4) is 11.5 Å². The zero-order valence-corrected chi connectivity index (χ0v) is 19.7. The van der Waals surface area contributed by atoms with Crippen molar-refractivity contribution in [2.75, 3.05) is 7.11 Å². The van der Waals surface area contributed by atoms with Crippen LogP contribution in [0.2, 0.25) is 5.02 Å². The van der Waals surface area contributed by atoms with Crippen LogP contribution in [0, 0.1) is 6.92 Å². The Hall–Kier alpha value is -2.96. The van der Waals surface area contributed by atoms with Gasteiger partial charge in [0.2, 0.25) is 0 Å². The van der Waals surface area contributed by atoms with E-state index in [1.54, 1.807) is 19.4 Å². The van der Waals surface area contributed by atoms with Crippen LogP contribution in [-0.2, 0) is 11.4 Å². The molecule has 0 fully saturated rings. The number of ether oxygens (including phenoxy) is 2. The summed E-state index contributed by atoms with van der Waals surface area (Å²) in [5, 5.41) is 4.49. The fourth-order valence-corrected chi connectivity index (χ4v) is 3.75. The topological polar surface area (TPSA) is 59.9 Å². The number of halogens is 1. The van der Waals surface area contributed by atoms with Gasteiger partial charge in [0.05, 0.1) is 18.6 Å². The third-order valence-corrected chi connectivity index (χ3v) is 5.95. The number of thioether (sulfide) groups is 1. The molecule has 0 unspecified atom stereocenters. The molecule has 3 aromatic carbocycles. The first-order valence-corrected chi connectivity index (χ1v) is 11.3. The van der Waals surface area contributed by atoms with Crippen LogP contribution in [-0.4, -0.2) is 24.5 Å². The summed E-state index contributed by atoms with van der Waals surface area (Å²) in [7, 11) is 1.58. The third-order valence-electron chi connectivity index (χ3n) is 4.59.